The van der Waals surface area contributed by atoms with Crippen LogP contribution in [0.4, 0.5) is 10.1 Å². The van der Waals surface area contributed by atoms with Crippen LogP contribution in [0.15, 0.2) is 60.7 Å². The topological polar surface area (TPSA) is 84.0 Å². The Kier molecular flexibility index (Phi) is 5.89. The minimum absolute atomic E-state index is 0.300. The lowest BCUT2D eigenvalue weighted by Gasteiger charge is -2.04. The van der Waals surface area contributed by atoms with Crippen LogP contribution in [0.5, 0.6) is 0 Å². The average molecular weight is 455 g/mol. The molecule has 30 heavy (non-hydrogen) atoms. The van der Waals surface area contributed by atoms with E-state index in [-0.39, 0.29) is 11.8 Å². The second-order valence-corrected chi connectivity index (χ2v) is 8.73. The maximum Gasteiger partial charge on any atom is 0.267 e. The third-order valence-electron chi connectivity index (χ3n) is 4.15. The maximum atomic E-state index is 12.7. The standard InChI is InChI=1S/C21H15ClN4O2S2/c1-12-11-16(23-18(27)14-9-5-6-10-15(14)22)29-17(12)19(28)24-21-26-25-20(30-21)13-7-3-2-4-8-13/h2-11H,1H3,(H,23,27)(H,24,26,28). The van der Waals surface area contributed by atoms with E-state index >= 15 is 0 Å². The zero-order valence-electron chi connectivity index (χ0n) is 15.7. The monoisotopic (exact) mass is 454 g/mol. The van der Waals surface area contributed by atoms with Gasteiger partial charge in [0, 0.05) is 5.56 Å². The molecule has 2 amide bonds. The molecule has 0 aliphatic carbocycles. The Hall–Kier alpha value is -3.07. The van der Waals surface area contributed by atoms with Gasteiger partial charge < -0.3 is 5.32 Å². The van der Waals surface area contributed by atoms with Crippen molar-refractivity contribution in [3.63, 3.8) is 0 Å². The zero-order valence-corrected chi connectivity index (χ0v) is 18.1. The van der Waals surface area contributed by atoms with Gasteiger partial charge in [0.05, 0.1) is 20.5 Å². The normalized spacial score (nSPS) is 10.6. The van der Waals surface area contributed by atoms with Crippen molar-refractivity contribution in [2.45, 2.75) is 6.92 Å². The van der Waals surface area contributed by atoms with Crippen LogP contribution in [-0.2, 0) is 0 Å². The number of carbonyl (C=O) groups is 2. The van der Waals surface area contributed by atoms with Crippen LogP contribution in [-0.4, -0.2) is 22.0 Å². The summed E-state index contributed by atoms with van der Waals surface area (Å²) >= 11 is 8.56. The molecular weight excluding hydrogens is 440 g/mol. The van der Waals surface area contributed by atoms with Crippen molar-refractivity contribution in [2.75, 3.05) is 10.6 Å². The van der Waals surface area contributed by atoms with E-state index in [0.717, 1.165) is 16.1 Å². The number of nitrogens with one attached hydrogen (secondary N) is 2. The van der Waals surface area contributed by atoms with Crippen molar-refractivity contribution in [1.29, 1.82) is 0 Å². The molecule has 2 aromatic carbocycles. The van der Waals surface area contributed by atoms with Gasteiger partial charge in [-0.25, -0.2) is 0 Å². The molecule has 0 saturated carbocycles. The van der Waals surface area contributed by atoms with Crippen LogP contribution >= 0.6 is 34.3 Å². The van der Waals surface area contributed by atoms with Gasteiger partial charge in [-0.2, -0.15) is 0 Å². The summed E-state index contributed by atoms with van der Waals surface area (Å²) in [6.07, 6.45) is 0. The molecule has 0 bridgehead atoms. The highest BCUT2D eigenvalue weighted by atomic mass is 35.5. The number of nitrogens with zero attached hydrogens (tertiary/aromatic N) is 2. The summed E-state index contributed by atoms with van der Waals surface area (Å²) in [4.78, 5) is 25.6. The van der Waals surface area contributed by atoms with Gasteiger partial charge in [-0.05, 0) is 30.7 Å². The first kappa shape index (κ1) is 20.2. The Bertz CT molecular complexity index is 1220. The Balaban J connectivity index is 1.47. The van der Waals surface area contributed by atoms with Gasteiger partial charge in [0.25, 0.3) is 11.8 Å². The van der Waals surface area contributed by atoms with Crippen molar-refractivity contribution in [3.05, 3.63) is 81.7 Å². The van der Waals surface area contributed by atoms with E-state index in [2.05, 4.69) is 20.8 Å². The van der Waals surface area contributed by atoms with Gasteiger partial charge in [-0.3, -0.25) is 14.9 Å². The number of amides is 2. The first-order valence-corrected chi connectivity index (χ1v) is 10.9. The molecule has 2 N–H and O–H groups in total. The van der Waals surface area contributed by atoms with E-state index in [1.165, 1.54) is 22.7 Å². The SMILES string of the molecule is Cc1cc(NC(=O)c2ccccc2Cl)sc1C(=O)Nc1nnc(-c2ccccc2)s1. The molecule has 0 fully saturated rings. The predicted molar refractivity (Wildman–Crippen MR) is 122 cm³/mol. The first-order chi connectivity index (χ1) is 14.5. The molecule has 6 nitrogen and oxygen atoms in total. The number of aromatic nitrogens is 2. The van der Waals surface area contributed by atoms with Gasteiger partial charge in [-0.15, -0.1) is 21.5 Å². The summed E-state index contributed by atoms with van der Waals surface area (Å²) in [5, 5.41) is 15.8. The largest absolute Gasteiger partial charge is 0.313 e. The summed E-state index contributed by atoms with van der Waals surface area (Å²) < 4.78 is 0. The second-order valence-electron chi connectivity index (χ2n) is 6.29. The van der Waals surface area contributed by atoms with E-state index < -0.39 is 0 Å². The quantitative estimate of drug-likeness (QED) is 0.403. The average Bonchev–Trinajstić information content (AvgIpc) is 3.35. The fourth-order valence-electron chi connectivity index (χ4n) is 2.72. The number of aryl methyl sites for hydroxylation is 1. The van der Waals surface area contributed by atoms with Gasteiger partial charge in [0.15, 0.2) is 0 Å². The van der Waals surface area contributed by atoms with Crippen molar-refractivity contribution in [3.8, 4) is 10.6 Å². The lowest BCUT2D eigenvalue weighted by Crippen LogP contribution is -2.11. The summed E-state index contributed by atoms with van der Waals surface area (Å²) in [6, 6.07) is 18.2. The van der Waals surface area contributed by atoms with Gasteiger partial charge in [0.1, 0.15) is 5.01 Å². The van der Waals surface area contributed by atoms with Crippen molar-refractivity contribution < 1.29 is 9.59 Å². The smallest absolute Gasteiger partial charge is 0.267 e. The third kappa shape index (κ3) is 4.40. The summed E-state index contributed by atoms with van der Waals surface area (Å²) in [5.41, 5.74) is 2.06. The number of halogens is 1. The van der Waals surface area contributed by atoms with E-state index in [1.54, 1.807) is 30.3 Å². The fourth-order valence-corrected chi connectivity index (χ4v) is 4.65. The van der Waals surface area contributed by atoms with Crippen LogP contribution in [0.25, 0.3) is 10.6 Å². The van der Waals surface area contributed by atoms with Gasteiger partial charge in [0.2, 0.25) is 5.13 Å². The molecule has 0 radical (unpaired) electrons. The number of hydrogen-bond donors (Lipinski definition) is 2. The molecular formula is C21H15ClN4O2S2. The second kappa shape index (κ2) is 8.74. The van der Waals surface area contributed by atoms with Gasteiger partial charge in [-0.1, -0.05) is 65.4 Å². The number of benzene rings is 2. The van der Waals surface area contributed by atoms with E-state index in [1.807, 2.05) is 37.3 Å². The molecule has 0 spiro atoms. The molecule has 0 unspecified atom stereocenters. The minimum atomic E-state index is -0.328. The molecule has 4 aromatic rings. The Morgan fingerprint density at radius 2 is 1.63 bits per heavy atom. The molecule has 0 aliphatic rings. The Morgan fingerprint density at radius 1 is 0.900 bits per heavy atom. The van der Waals surface area contributed by atoms with E-state index in [4.69, 9.17) is 11.6 Å². The number of carbonyl (C=O) groups excluding carboxylic acids is 2. The van der Waals surface area contributed by atoms with Crippen LogP contribution in [0.1, 0.15) is 25.6 Å². The molecule has 9 heteroatoms. The number of thiophene rings is 1. The highest BCUT2D eigenvalue weighted by Crippen LogP contribution is 2.30. The van der Waals surface area contributed by atoms with Crippen LogP contribution in [0.2, 0.25) is 5.02 Å². The lowest BCUT2D eigenvalue weighted by atomic mass is 10.2. The van der Waals surface area contributed by atoms with E-state index in [0.29, 0.717) is 25.6 Å². The molecule has 2 heterocycles. The summed E-state index contributed by atoms with van der Waals surface area (Å²) in [6.45, 7) is 1.81. The number of rotatable bonds is 5. The third-order valence-corrected chi connectivity index (χ3v) is 6.51. The summed E-state index contributed by atoms with van der Waals surface area (Å²) in [5.74, 6) is -0.628. The van der Waals surface area contributed by atoms with Crippen LogP contribution in [0.3, 0.4) is 0 Å². The highest BCUT2D eigenvalue weighted by Gasteiger charge is 2.18. The van der Waals surface area contributed by atoms with Crippen LogP contribution in [0, 0.1) is 6.92 Å². The van der Waals surface area contributed by atoms with Crippen LogP contribution < -0.4 is 10.6 Å². The lowest BCUT2D eigenvalue weighted by molar-refractivity contribution is 0.102. The predicted octanol–water partition coefficient (Wildman–Crippen LogP) is 5.73. The first-order valence-electron chi connectivity index (χ1n) is 8.88. The summed E-state index contributed by atoms with van der Waals surface area (Å²) in [7, 11) is 0. The highest BCUT2D eigenvalue weighted by molar-refractivity contribution is 7.19. The van der Waals surface area contributed by atoms with Crippen molar-refractivity contribution >= 4 is 56.2 Å². The Morgan fingerprint density at radius 3 is 2.40 bits per heavy atom. The molecule has 0 saturated heterocycles. The van der Waals surface area contributed by atoms with Crippen molar-refractivity contribution in [2.24, 2.45) is 0 Å². The molecule has 150 valence electrons. The molecule has 0 atom stereocenters. The van der Waals surface area contributed by atoms with Gasteiger partial charge >= 0.3 is 0 Å². The van der Waals surface area contributed by atoms with E-state index in [9.17, 15) is 9.59 Å². The zero-order chi connectivity index (χ0) is 21.1. The minimum Gasteiger partial charge on any atom is -0.313 e. The molecule has 2 aromatic heterocycles. The van der Waals surface area contributed by atoms with Crippen molar-refractivity contribution in [1.82, 2.24) is 10.2 Å². The maximum absolute atomic E-state index is 12.7. The number of anilines is 2. The fraction of sp³-hybridized carbons (Fsp3) is 0.0476. The Labute approximate surface area is 185 Å². The molecule has 4 rings (SSSR count). The molecule has 0 aliphatic heterocycles. The number of hydrogen-bond acceptors (Lipinski definition) is 6.